The van der Waals surface area contributed by atoms with E-state index >= 15 is 0 Å². The Morgan fingerprint density at radius 1 is 1.11 bits per heavy atom. The number of pyridine rings is 2. The molecule has 0 aromatic carbocycles. The van der Waals surface area contributed by atoms with E-state index in [4.69, 9.17) is 33.0 Å². The second-order valence-electron chi connectivity index (χ2n) is 7.08. The Morgan fingerprint density at radius 2 is 1.91 bits per heavy atom. The van der Waals surface area contributed by atoms with Crippen molar-refractivity contribution >= 4 is 41.1 Å². The first-order chi connectivity index (χ1) is 16.9. The van der Waals surface area contributed by atoms with Gasteiger partial charge in [-0.15, -0.1) is 0 Å². The van der Waals surface area contributed by atoms with Crippen molar-refractivity contribution in [2.75, 3.05) is 25.1 Å². The molecule has 0 amide bonds. The summed E-state index contributed by atoms with van der Waals surface area (Å²) in [6.45, 7) is 2.65. The lowest BCUT2D eigenvalue weighted by atomic mass is 9.52. The average molecular weight is 477 g/mol. The van der Waals surface area contributed by atoms with Crippen molar-refractivity contribution in [3.63, 3.8) is 0 Å². The Bertz CT molecular complexity index is 1230. The number of hydrogen-bond donors (Lipinski definition) is 1. The van der Waals surface area contributed by atoms with Gasteiger partial charge in [0.15, 0.2) is 0 Å². The van der Waals surface area contributed by atoms with Crippen LogP contribution >= 0.6 is 11.8 Å². The minimum absolute atomic E-state index is 0.0746. The van der Waals surface area contributed by atoms with Gasteiger partial charge in [-0.1, -0.05) is 11.8 Å². The first-order valence-corrected chi connectivity index (χ1v) is 11.5. The molecule has 0 saturated carbocycles. The zero-order valence-corrected chi connectivity index (χ0v) is 19.7. The topological polar surface area (TPSA) is 130 Å². The van der Waals surface area contributed by atoms with Gasteiger partial charge in [0.2, 0.25) is 0 Å². The SMILES string of the molecule is [B]C([B])([B])OCCOc1ccc(-c2c(C#N)c(NCC)nc(SCc3cccnn3)c2C#N)nc1. The summed E-state index contributed by atoms with van der Waals surface area (Å²) in [5, 5.41) is 29.7. The van der Waals surface area contributed by atoms with Crippen molar-refractivity contribution in [1.29, 1.82) is 10.5 Å². The fourth-order valence-electron chi connectivity index (χ4n) is 2.98. The summed E-state index contributed by atoms with van der Waals surface area (Å²) < 4.78 is 10.6. The molecule has 3 aromatic heterocycles. The fraction of sp³-hybridized carbons (Fsp3) is 0.273. The smallest absolute Gasteiger partial charge is 0.146 e. The molecule has 0 aliphatic heterocycles. The Kier molecular flexibility index (Phi) is 9.13. The highest BCUT2D eigenvalue weighted by Gasteiger charge is 2.22. The number of hydrogen-bond acceptors (Lipinski definition) is 10. The minimum atomic E-state index is -1.73. The average Bonchev–Trinajstić information content (AvgIpc) is 2.85. The molecule has 0 aliphatic carbocycles. The molecule has 6 radical (unpaired) electrons. The maximum Gasteiger partial charge on any atom is 0.146 e. The third-order valence-corrected chi connectivity index (χ3v) is 5.42. The number of anilines is 1. The molecule has 0 saturated heterocycles. The molecule has 3 rings (SSSR count). The molecule has 13 heteroatoms. The molecule has 0 fully saturated rings. The van der Waals surface area contributed by atoms with E-state index < -0.39 is 5.30 Å². The van der Waals surface area contributed by atoms with Gasteiger partial charge in [-0.05, 0) is 36.5 Å². The molecule has 168 valence electrons. The van der Waals surface area contributed by atoms with Crippen molar-refractivity contribution in [2.45, 2.75) is 23.0 Å². The van der Waals surface area contributed by atoms with Gasteiger partial charge in [0.25, 0.3) is 0 Å². The van der Waals surface area contributed by atoms with E-state index in [1.807, 2.05) is 13.0 Å². The second-order valence-corrected chi connectivity index (χ2v) is 8.04. The zero-order chi connectivity index (χ0) is 25.3. The summed E-state index contributed by atoms with van der Waals surface area (Å²) in [4.78, 5) is 8.98. The van der Waals surface area contributed by atoms with Crippen LogP contribution in [0.15, 0.2) is 41.7 Å². The minimum Gasteiger partial charge on any atom is -0.490 e. The standard InChI is InChI=1S/C22H18B3N7O2S/c1-2-28-20-16(10-26)19(17(11-27)21(31-20)35-13-14-4-3-7-30-32-14)18-6-5-15(12-29-18)33-8-9-34-22(23,24)25/h3-7,12H,2,8-9,13H2,1H3,(H,28,31). The monoisotopic (exact) mass is 477 g/mol. The van der Waals surface area contributed by atoms with Crippen LogP contribution in [-0.2, 0) is 10.5 Å². The van der Waals surface area contributed by atoms with Gasteiger partial charge in [0.1, 0.15) is 40.9 Å². The highest BCUT2D eigenvalue weighted by Crippen LogP contribution is 2.36. The van der Waals surface area contributed by atoms with Gasteiger partial charge in [0, 0.05) is 24.1 Å². The van der Waals surface area contributed by atoms with Crippen LogP contribution in [0.25, 0.3) is 11.3 Å². The van der Waals surface area contributed by atoms with E-state index in [1.165, 1.54) is 18.0 Å². The molecule has 0 atom stereocenters. The van der Waals surface area contributed by atoms with Crippen molar-refractivity contribution in [3.8, 4) is 29.1 Å². The maximum absolute atomic E-state index is 10.0. The van der Waals surface area contributed by atoms with Gasteiger partial charge >= 0.3 is 0 Å². The van der Waals surface area contributed by atoms with E-state index in [9.17, 15) is 10.5 Å². The number of rotatable bonds is 11. The van der Waals surface area contributed by atoms with Crippen LogP contribution < -0.4 is 10.1 Å². The summed E-state index contributed by atoms with van der Waals surface area (Å²) >= 11 is 1.33. The lowest BCUT2D eigenvalue weighted by Gasteiger charge is -2.21. The summed E-state index contributed by atoms with van der Waals surface area (Å²) in [5.41, 5.74) is 2.02. The molecule has 3 heterocycles. The molecule has 0 bridgehead atoms. The van der Waals surface area contributed by atoms with Gasteiger partial charge in [-0.25, -0.2) is 4.98 Å². The van der Waals surface area contributed by atoms with Crippen molar-refractivity contribution < 1.29 is 9.47 Å². The van der Waals surface area contributed by atoms with Crippen molar-refractivity contribution in [3.05, 3.63) is 53.5 Å². The Balaban J connectivity index is 1.92. The van der Waals surface area contributed by atoms with Crippen LogP contribution in [0.5, 0.6) is 5.75 Å². The number of nitrogens with one attached hydrogen (secondary N) is 1. The predicted octanol–water partition coefficient (Wildman–Crippen LogP) is 1.91. The zero-order valence-electron chi connectivity index (χ0n) is 18.9. The van der Waals surface area contributed by atoms with E-state index in [2.05, 4.69) is 37.6 Å². The van der Waals surface area contributed by atoms with Crippen LogP contribution in [0.1, 0.15) is 23.7 Å². The number of aromatic nitrogens is 4. The molecule has 0 aliphatic rings. The molecular formula is C22H18B3N7O2S. The molecule has 3 aromatic rings. The maximum atomic E-state index is 10.0. The lowest BCUT2D eigenvalue weighted by molar-refractivity contribution is 0.0948. The summed E-state index contributed by atoms with van der Waals surface area (Å²) in [7, 11) is 16.0. The van der Waals surface area contributed by atoms with Gasteiger partial charge < -0.3 is 14.8 Å². The number of ether oxygens (including phenoxy) is 2. The third-order valence-electron chi connectivity index (χ3n) is 4.41. The van der Waals surface area contributed by atoms with Crippen molar-refractivity contribution in [2.24, 2.45) is 0 Å². The van der Waals surface area contributed by atoms with E-state index in [-0.39, 0.29) is 24.3 Å². The first kappa shape index (κ1) is 26.1. The van der Waals surface area contributed by atoms with Gasteiger partial charge in [-0.2, -0.15) is 20.7 Å². The lowest BCUT2D eigenvalue weighted by Crippen LogP contribution is -2.35. The molecule has 9 nitrogen and oxygen atoms in total. The van der Waals surface area contributed by atoms with Crippen LogP contribution in [0.2, 0.25) is 0 Å². The summed E-state index contributed by atoms with van der Waals surface area (Å²) in [5.74, 6) is 1.27. The number of nitriles is 2. The summed E-state index contributed by atoms with van der Waals surface area (Å²) in [6.07, 6.45) is 3.07. The Morgan fingerprint density at radius 3 is 2.51 bits per heavy atom. The van der Waals surface area contributed by atoms with Crippen LogP contribution in [0.3, 0.4) is 0 Å². The highest BCUT2D eigenvalue weighted by atomic mass is 32.2. The molecule has 35 heavy (non-hydrogen) atoms. The van der Waals surface area contributed by atoms with Crippen LogP contribution in [0.4, 0.5) is 5.82 Å². The van der Waals surface area contributed by atoms with Gasteiger partial charge in [-0.3, -0.25) is 4.98 Å². The molecule has 0 spiro atoms. The van der Waals surface area contributed by atoms with Gasteiger partial charge in [0.05, 0.1) is 53.3 Å². The van der Waals surface area contributed by atoms with E-state index in [0.29, 0.717) is 40.1 Å². The quantitative estimate of drug-likeness (QED) is 0.249. The molecule has 1 N–H and O–H groups in total. The van der Waals surface area contributed by atoms with Crippen LogP contribution in [0, 0.1) is 22.7 Å². The van der Waals surface area contributed by atoms with Crippen LogP contribution in [-0.4, -0.2) is 68.8 Å². The predicted molar refractivity (Wildman–Crippen MR) is 134 cm³/mol. The van der Waals surface area contributed by atoms with E-state index in [1.54, 1.807) is 24.4 Å². The third kappa shape index (κ3) is 7.22. The first-order valence-electron chi connectivity index (χ1n) is 10.5. The fourth-order valence-corrected chi connectivity index (χ4v) is 3.86. The Labute approximate surface area is 211 Å². The normalized spacial score (nSPS) is 10.8. The van der Waals surface area contributed by atoms with E-state index in [0.717, 1.165) is 5.69 Å². The molecule has 0 unspecified atom stereocenters. The van der Waals surface area contributed by atoms with Crippen molar-refractivity contribution in [1.82, 2.24) is 20.2 Å². The number of nitrogens with zero attached hydrogens (tertiary/aromatic N) is 6. The number of thioether (sulfide) groups is 1. The second kappa shape index (κ2) is 12.3. The Hall–Kier alpha value is -3.54. The molecular weight excluding hydrogens is 459 g/mol. The highest BCUT2D eigenvalue weighted by molar-refractivity contribution is 7.98. The largest absolute Gasteiger partial charge is 0.490 e. The summed E-state index contributed by atoms with van der Waals surface area (Å²) in [6, 6.07) is 11.3.